The second-order valence-corrected chi connectivity index (χ2v) is 7.32. The van der Waals surface area contributed by atoms with Crippen molar-refractivity contribution < 1.29 is 9.53 Å². The first kappa shape index (κ1) is 18.4. The summed E-state index contributed by atoms with van der Waals surface area (Å²) in [6, 6.07) is 13.2. The zero-order valence-electron chi connectivity index (χ0n) is 15.0. The largest absolute Gasteiger partial charge is 0.496 e. The second-order valence-electron chi connectivity index (χ2n) is 6.16. The third-order valence-electron chi connectivity index (χ3n) is 4.34. The Morgan fingerprint density at radius 1 is 1.18 bits per heavy atom. The van der Waals surface area contributed by atoms with E-state index >= 15 is 0 Å². The molecule has 1 N–H and O–H groups in total. The van der Waals surface area contributed by atoms with Gasteiger partial charge in [-0.2, -0.15) is 0 Å². The lowest BCUT2D eigenvalue weighted by Gasteiger charge is -2.06. The van der Waals surface area contributed by atoms with Gasteiger partial charge in [-0.05, 0) is 29.3 Å². The van der Waals surface area contributed by atoms with E-state index in [0.717, 1.165) is 22.4 Å². The van der Waals surface area contributed by atoms with Crippen LogP contribution in [0.2, 0.25) is 5.02 Å². The molecule has 0 saturated heterocycles. The molecule has 0 atom stereocenters. The zero-order valence-corrected chi connectivity index (χ0v) is 16.6. The number of methoxy groups -OCH3 is 1. The summed E-state index contributed by atoms with van der Waals surface area (Å²) in [4.78, 5) is 24.0. The molecule has 0 radical (unpaired) electrons. The Kier molecular flexibility index (Phi) is 5.23. The lowest BCUT2D eigenvalue weighted by Crippen LogP contribution is -2.03. The van der Waals surface area contributed by atoms with Gasteiger partial charge in [0.1, 0.15) is 17.3 Å². The van der Waals surface area contributed by atoms with E-state index in [1.54, 1.807) is 30.3 Å². The molecule has 0 aliphatic rings. The maximum Gasteiger partial charge on any atom is 0.186 e. The van der Waals surface area contributed by atoms with Gasteiger partial charge in [0.15, 0.2) is 5.78 Å². The smallest absolute Gasteiger partial charge is 0.186 e. The lowest BCUT2D eigenvalue weighted by molar-refractivity contribution is 0.0989. The Bertz CT molecular complexity index is 1110. The number of nitrogens with one attached hydrogen (secondary N) is 1. The minimum atomic E-state index is 0.0193. The van der Waals surface area contributed by atoms with Crippen LogP contribution in [0.15, 0.2) is 59.6 Å². The third-order valence-corrected chi connectivity index (χ3v) is 5.16. The topological polar surface area (TPSA) is 67.9 Å². The minimum absolute atomic E-state index is 0.0193. The average Bonchev–Trinajstić information content (AvgIpc) is 3.41. The number of H-pyrrole nitrogens is 1. The standard InChI is InChI=1S/C21H16ClN3O2S/c1-27-20-7-6-15(22)9-16(20)21-23-10-17(25-21)14-4-2-13(3-5-14)8-19(26)18-11-28-12-24-18/h2-7,9-12H,8H2,1H3,(H,23,25). The molecule has 0 spiro atoms. The van der Waals surface area contributed by atoms with Gasteiger partial charge in [-0.15, -0.1) is 11.3 Å². The molecule has 4 rings (SSSR count). The molecule has 140 valence electrons. The van der Waals surface area contributed by atoms with Crippen molar-refractivity contribution in [1.29, 1.82) is 0 Å². The monoisotopic (exact) mass is 409 g/mol. The summed E-state index contributed by atoms with van der Waals surface area (Å²) in [6.45, 7) is 0. The van der Waals surface area contributed by atoms with Gasteiger partial charge in [-0.3, -0.25) is 4.79 Å². The van der Waals surface area contributed by atoms with E-state index in [0.29, 0.717) is 28.7 Å². The van der Waals surface area contributed by atoms with Crippen LogP contribution in [-0.2, 0) is 6.42 Å². The number of aromatic amines is 1. The summed E-state index contributed by atoms with van der Waals surface area (Å²) >= 11 is 7.54. The number of carbonyl (C=O) groups is 1. The Balaban J connectivity index is 1.54. The third kappa shape index (κ3) is 3.83. The number of ketones is 1. The fraction of sp³-hybridized carbons (Fsp3) is 0.0952. The number of thiazole rings is 1. The normalized spacial score (nSPS) is 10.8. The molecule has 28 heavy (non-hydrogen) atoms. The predicted octanol–water partition coefficient (Wildman–Crippen LogP) is 5.29. The van der Waals surface area contributed by atoms with Crippen LogP contribution in [0, 0.1) is 0 Å². The molecule has 0 saturated carbocycles. The first-order valence-corrected chi connectivity index (χ1v) is 9.86. The van der Waals surface area contributed by atoms with Crippen LogP contribution in [0.25, 0.3) is 22.6 Å². The quantitative estimate of drug-likeness (QED) is 0.439. The SMILES string of the molecule is COc1ccc(Cl)cc1-c1ncc(-c2ccc(CC(=O)c3cscn3)cc2)[nH]1. The highest BCUT2D eigenvalue weighted by Gasteiger charge is 2.12. The van der Waals surface area contributed by atoms with Gasteiger partial charge in [0.25, 0.3) is 0 Å². The second kappa shape index (κ2) is 7.96. The van der Waals surface area contributed by atoms with Gasteiger partial charge < -0.3 is 9.72 Å². The van der Waals surface area contributed by atoms with Crippen molar-refractivity contribution >= 4 is 28.7 Å². The molecule has 2 aromatic carbocycles. The van der Waals surface area contributed by atoms with E-state index in [-0.39, 0.29) is 5.78 Å². The molecule has 0 bridgehead atoms. The van der Waals surface area contributed by atoms with Gasteiger partial charge in [0, 0.05) is 16.8 Å². The highest BCUT2D eigenvalue weighted by molar-refractivity contribution is 7.07. The van der Waals surface area contributed by atoms with Gasteiger partial charge in [-0.1, -0.05) is 35.9 Å². The molecule has 0 fully saturated rings. The number of Topliss-reactive ketones (excluding diaryl/α,β-unsaturated/α-hetero) is 1. The van der Waals surface area contributed by atoms with Crippen LogP contribution in [0.5, 0.6) is 5.75 Å². The molecule has 4 aromatic rings. The fourth-order valence-corrected chi connectivity index (χ4v) is 3.63. The summed E-state index contributed by atoms with van der Waals surface area (Å²) in [5, 5.41) is 2.38. The van der Waals surface area contributed by atoms with Crippen molar-refractivity contribution in [3.05, 3.63) is 75.8 Å². The molecule has 2 heterocycles. The van der Waals surface area contributed by atoms with Crippen LogP contribution in [0.1, 0.15) is 16.1 Å². The Morgan fingerprint density at radius 3 is 2.71 bits per heavy atom. The number of benzene rings is 2. The summed E-state index contributed by atoms with van der Waals surface area (Å²) < 4.78 is 5.40. The Hall–Kier alpha value is -2.96. The van der Waals surface area contributed by atoms with E-state index in [1.165, 1.54) is 11.3 Å². The number of nitrogens with zero attached hydrogens (tertiary/aromatic N) is 2. The van der Waals surface area contributed by atoms with Crippen molar-refractivity contribution in [2.45, 2.75) is 6.42 Å². The Morgan fingerprint density at radius 2 is 2.00 bits per heavy atom. The van der Waals surface area contributed by atoms with Crippen LogP contribution in [0.3, 0.4) is 0 Å². The van der Waals surface area contributed by atoms with Crippen LogP contribution in [-0.4, -0.2) is 27.8 Å². The molecule has 2 aromatic heterocycles. The number of hydrogen-bond acceptors (Lipinski definition) is 5. The molecule has 5 nitrogen and oxygen atoms in total. The first-order chi connectivity index (χ1) is 13.6. The summed E-state index contributed by atoms with van der Waals surface area (Å²) in [6.07, 6.45) is 2.10. The first-order valence-electron chi connectivity index (χ1n) is 8.53. The van der Waals surface area contributed by atoms with E-state index in [9.17, 15) is 4.79 Å². The maximum atomic E-state index is 12.2. The van der Waals surface area contributed by atoms with E-state index in [4.69, 9.17) is 16.3 Å². The van der Waals surface area contributed by atoms with E-state index in [2.05, 4.69) is 15.0 Å². The van der Waals surface area contributed by atoms with Crippen molar-refractivity contribution in [3.63, 3.8) is 0 Å². The number of imidazole rings is 1. The van der Waals surface area contributed by atoms with Crippen LogP contribution in [0.4, 0.5) is 0 Å². The van der Waals surface area contributed by atoms with Gasteiger partial charge in [0.2, 0.25) is 0 Å². The van der Waals surface area contributed by atoms with Gasteiger partial charge in [-0.25, -0.2) is 9.97 Å². The van der Waals surface area contributed by atoms with Crippen molar-refractivity contribution in [3.8, 4) is 28.4 Å². The van der Waals surface area contributed by atoms with Gasteiger partial charge in [0.05, 0.1) is 30.1 Å². The molecule has 0 unspecified atom stereocenters. The zero-order chi connectivity index (χ0) is 19.5. The van der Waals surface area contributed by atoms with Crippen molar-refractivity contribution in [2.24, 2.45) is 0 Å². The molecule has 7 heteroatoms. The highest BCUT2D eigenvalue weighted by atomic mass is 35.5. The molecular weight excluding hydrogens is 394 g/mol. The maximum absolute atomic E-state index is 12.2. The van der Waals surface area contributed by atoms with E-state index in [1.807, 2.05) is 36.4 Å². The number of ether oxygens (including phenoxy) is 1. The van der Waals surface area contributed by atoms with Crippen molar-refractivity contribution in [2.75, 3.05) is 7.11 Å². The van der Waals surface area contributed by atoms with Crippen LogP contribution < -0.4 is 4.74 Å². The molecule has 0 aliphatic carbocycles. The number of aromatic nitrogens is 3. The Labute approximate surface area is 171 Å². The summed E-state index contributed by atoms with van der Waals surface area (Å²) in [5.74, 6) is 1.39. The van der Waals surface area contributed by atoms with Gasteiger partial charge >= 0.3 is 0 Å². The van der Waals surface area contributed by atoms with Crippen molar-refractivity contribution in [1.82, 2.24) is 15.0 Å². The van der Waals surface area contributed by atoms with Crippen LogP contribution >= 0.6 is 22.9 Å². The molecule has 0 amide bonds. The number of carbonyl (C=O) groups excluding carboxylic acids is 1. The minimum Gasteiger partial charge on any atom is -0.496 e. The fourth-order valence-electron chi connectivity index (χ4n) is 2.90. The molecular formula is C21H16ClN3O2S. The predicted molar refractivity (Wildman–Crippen MR) is 111 cm³/mol. The number of halogens is 1. The molecule has 0 aliphatic heterocycles. The van der Waals surface area contributed by atoms with E-state index < -0.39 is 0 Å². The number of hydrogen-bond donors (Lipinski definition) is 1. The highest BCUT2D eigenvalue weighted by Crippen LogP contribution is 2.32. The summed E-state index contributed by atoms with van der Waals surface area (Å²) in [5.41, 5.74) is 5.77. The summed E-state index contributed by atoms with van der Waals surface area (Å²) in [7, 11) is 1.61. The lowest BCUT2D eigenvalue weighted by atomic mass is 10.0. The average molecular weight is 410 g/mol. The number of rotatable bonds is 6.